The Balaban J connectivity index is 1.23. The zero-order valence-corrected chi connectivity index (χ0v) is 34.4. The summed E-state index contributed by atoms with van der Waals surface area (Å²) in [6.07, 6.45) is -1.90. The van der Waals surface area contributed by atoms with Gasteiger partial charge in [0.1, 0.15) is 35.2 Å². The van der Waals surface area contributed by atoms with E-state index in [2.05, 4.69) is 10.6 Å². The molecule has 0 aliphatic heterocycles. The minimum Gasteiger partial charge on any atom is -0.491 e. The van der Waals surface area contributed by atoms with Crippen LogP contribution in [0.1, 0.15) is 89.9 Å². The number of hydrogen-bond donors (Lipinski definition) is 4. The highest BCUT2D eigenvalue weighted by atomic mass is 16.5. The lowest BCUT2D eigenvalue weighted by Crippen LogP contribution is -2.38. The normalized spacial score (nSPS) is 12.9. The van der Waals surface area contributed by atoms with E-state index in [1.165, 1.54) is 0 Å². The fraction of sp³-hybridized carbons (Fsp3) is 0.478. The Bertz CT molecular complexity index is 1410. The van der Waals surface area contributed by atoms with Gasteiger partial charge in [-0.05, 0) is 126 Å². The van der Waals surface area contributed by atoms with Crippen molar-refractivity contribution in [2.24, 2.45) is 0 Å². The summed E-state index contributed by atoms with van der Waals surface area (Å²) in [6.45, 7) is 18.2. The van der Waals surface area contributed by atoms with Crippen LogP contribution in [0.25, 0.3) is 0 Å². The van der Waals surface area contributed by atoms with Crippen LogP contribution >= 0.6 is 0 Å². The van der Waals surface area contributed by atoms with Crippen molar-refractivity contribution in [1.82, 2.24) is 10.6 Å². The maximum absolute atomic E-state index is 10.8. The van der Waals surface area contributed by atoms with Crippen LogP contribution in [0.5, 0.6) is 23.0 Å². The first kappa shape index (κ1) is 44.6. The lowest BCUT2D eigenvalue weighted by molar-refractivity contribution is 0.00541. The second-order valence-corrected chi connectivity index (χ2v) is 15.1. The topological polar surface area (TPSA) is 120 Å². The number of aliphatic hydroxyl groups is 2. The number of hydrogen-bond acceptors (Lipinski definition) is 10. The van der Waals surface area contributed by atoms with Crippen molar-refractivity contribution in [2.45, 2.75) is 104 Å². The van der Waals surface area contributed by atoms with E-state index in [-0.39, 0.29) is 49.8 Å². The van der Waals surface area contributed by atoms with E-state index in [0.717, 1.165) is 45.3 Å². The molecule has 0 heterocycles. The number of nitrogens with one attached hydrogen (secondary N) is 2. The van der Waals surface area contributed by atoms with Crippen molar-refractivity contribution in [3.8, 4) is 23.0 Å². The minimum atomic E-state index is -0.725. The zero-order chi connectivity index (χ0) is 40.5. The predicted octanol–water partition coefficient (Wildman–Crippen LogP) is 7.65. The molecule has 306 valence electrons. The lowest BCUT2D eigenvalue weighted by atomic mass is 10.0. The molecule has 4 aromatic rings. The molecule has 10 nitrogen and oxygen atoms in total. The van der Waals surface area contributed by atoms with Gasteiger partial charge in [-0.3, -0.25) is 0 Å². The largest absolute Gasteiger partial charge is 0.491 e. The predicted molar refractivity (Wildman–Crippen MR) is 222 cm³/mol. The van der Waals surface area contributed by atoms with E-state index in [1.54, 1.807) is 0 Å². The quantitative estimate of drug-likeness (QED) is 0.0501. The highest BCUT2D eigenvalue weighted by molar-refractivity contribution is 5.38. The van der Waals surface area contributed by atoms with Crippen LogP contribution in [0.3, 0.4) is 0 Å². The van der Waals surface area contributed by atoms with Gasteiger partial charge in [0.25, 0.3) is 0 Å². The summed E-state index contributed by atoms with van der Waals surface area (Å²) in [4.78, 5) is 0. The average Bonchev–Trinajstić information content (AvgIpc) is 3.15. The highest BCUT2D eigenvalue weighted by Crippen LogP contribution is 2.31. The maximum atomic E-state index is 10.8. The van der Waals surface area contributed by atoms with Crippen LogP contribution in [-0.4, -0.2) is 86.2 Å². The fourth-order valence-electron chi connectivity index (χ4n) is 5.99. The van der Waals surface area contributed by atoms with Gasteiger partial charge in [-0.1, -0.05) is 48.5 Å². The second kappa shape index (κ2) is 23.2. The van der Waals surface area contributed by atoms with Crippen LogP contribution in [0, 0.1) is 0 Å². The molecular formula is C46H64N2O8. The third-order valence-electron chi connectivity index (χ3n) is 8.37. The van der Waals surface area contributed by atoms with E-state index in [1.807, 2.05) is 152 Å². The van der Waals surface area contributed by atoms with E-state index < -0.39 is 12.2 Å². The van der Waals surface area contributed by atoms with Crippen LogP contribution in [-0.2, 0) is 9.47 Å². The summed E-state index contributed by atoms with van der Waals surface area (Å²) < 4.78 is 36.0. The third-order valence-corrected chi connectivity index (χ3v) is 8.37. The summed E-state index contributed by atoms with van der Waals surface area (Å²) in [5.41, 5.74) is 3.83. The summed E-state index contributed by atoms with van der Waals surface area (Å²) in [7, 11) is 0. The van der Waals surface area contributed by atoms with E-state index in [4.69, 9.17) is 28.4 Å². The first-order valence-corrected chi connectivity index (χ1v) is 19.9. The summed E-state index contributed by atoms with van der Waals surface area (Å²) in [5.74, 6) is 3.18. The van der Waals surface area contributed by atoms with Gasteiger partial charge in [0, 0.05) is 26.2 Å². The molecule has 4 rings (SSSR count). The SMILES string of the molecule is CC(C)Oc1ccc(C(OC[C@H](O)CNCCNC[C@@H](O)COC(c2ccc(OC(C)C)cc2)c2ccc(OC(C)C)cc2)c2ccc(OC(C)C)cc2)cc1. The van der Waals surface area contributed by atoms with Gasteiger partial charge in [0.05, 0.1) is 49.8 Å². The Kier molecular flexibility index (Phi) is 18.4. The van der Waals surface area contributed by atoms with Crippen LogP contribution < -0.4 is 29.6 Å². The van der Waals surface area contributed by atoms with Gasteiger partial charge >= 0.3 is 0 Å². The minimum absolute atomic E-state index is 0.0794. The molecule has 56 heavy (non-hydrogen) atoms. The Morgan fingerprint density at radius 2 is 0.625 bits per heavy atom. The molecule has 2 atom stereocenters. The van der Waals surface area contributed by atoms with Crippen molar-refractivity contribution >= 4 is 0 Å². The molecule has 4 aromatic carbocycles. The second-order valence-electron chi connectivity index (χ2n) is 15.1. The van der Waals surface area contributed by atoms with Gasteiger partial charge in [0.2, 0.25) is 0 Å². The molecule has 0 fully saturated rings. The lowest BCUT2D eigenvalue weighted by Gasteiger charge is -2.23. The summed E-state index contributed by atoms with van der Waals surface area (Å²) >= 11 is 0. The van der Waals surface area contributed by atoms with Gasteiger partial charge in [-0.15, -0.1) is 0 Å². The van der Waals surface area contributed by atoms with Gasteiger partial charge in [-0.25, -0.2) is 0 Å². The van der Waals surface area contributed by atoms with Crippen molar-refractivity contribution in [2.75, 3.05) is 39.4 Å². The van der Waals surface area contributed by atoms with Crippen LogP contribution in [0.15, 0.2) is 97.1 Å². The van der Waals surface area contributed by atoms with Gasteiger partial charge in [-0.2, -0.15) is 0 Å². The van der Waals surface area contributed by atoms with Crippen molar-refractivity contribution in [3.05, 3.63) is 119 Å². The smallest absolute Gasteiger partial charge is 0.119 e. The first-order valence-electron chi connectivity index (χ1n) is 19.9. The monoisotopic (exact) mass is 772 g/mol. The fourth-order valence-corrected chi connectivity index (χ4v) is 5.99. The number of aliphatic hydroxyl groups excluding tert-OH is 2. The Morgan fingerprint density at radius 3 is 0.839 bits per heavy atom. The number of rotatable bonds is 25. The van der Waals surface area contributed by atoms with Gasteiger partial charge < -0.3 is 49.3 Å². The molecule has 10 heteroatoms. The molecule has 4 N–H and O–H groups in total. The van der Waals surface area contributed by atoms with Crippen molar-refractivity contribution in [1.29, 1.82) is 0 Å². The summed E-state index contributed by atoms with van der Waals surface area (Å²) in [5, 5.41) is 28.2. The molecule has 0 unspecified atom stereocenters. The van der Waals surface area contributed by atoms with E-state index in [9.17, 15) is 10.2 Å². The van der Waals surface area contributed by atoms with E-state index in [0.29, 0.717) is 26.2 Å². The van der Waals surface area contributed by atoms with Gasteiger partial charge in [0.15, 0.2) is 0 Å². The standard InChI is InChI=1S/C46H64N2O8/c1-31(2)53-41-17-9-35(10-18-41)45(36-11-19-42(20-12-36)54-32(3)4)51-29-39(49)27-47-25-26-48-28-40(50)30-52-46(37-13-21-43(22-14-37)55-33(5)6)38-15-23-44(24-16-38)56-34(7)8/h9-24,31-34,39-40,45-50H,25-30H2,1-8H3/t39-,40-/m1/s1. The van der Waals surface area contributed by atoms with Crippen molar-refractivity contribution < 1.29 is 38.6 Å². The van der Waals surface area contributed by atoms with Crippen LogP contribution in [0.2, 0.25) is 0 Å². The maximum Gasteiger partial charge on any atom is 0.119 e. The molecule has 0 amide bonds. The molecule has 0 saturated carbocycles. The molecule has 0 aliphatic carbocycles. The Labute approximate surface area is 334 Å². The number of ether oxygens (including phenoxy) is 6. The molecule has 0 spiro atoms. The van der Waals surface area contributed by atoms with E-state index >= 15 is 0 Å². The zero-order valence-electron chi connectivity index (χ0n) is 34.4. The molecule has 0 saturated heterocycles. The molecule has 0 aromatic heterocycles. The highest BCUT2D eigenvalue weighted by Gasteiger charge is 2.20. The molecule has 0 radical (unpaired) electrons. The van der Waals surface area contributed by atoms with Crippen molar-refractivity contribution in [3.63, 3.8) is 0 Å². The number of benzene rings is 4. The molecule has 0 aliphatic rings. The molecular weight excluding hydrogens is 709 g/mol. The first-order chi connectivity index (χ1) is 26.9. The summed E-state index contributed by atoms with van der Waals surface area (Å²) in [6, 6.07) is 31.5. The third kappa shape index (κ3) is 15.8. The molecule has 0 bridgehead atoms. The van der Waals surface area contributed by atoms with Crippen LogP contribution in [0.4, 0.5) is 0 Å². The Hall–Kier alpha value is -4.16. The Morgan fingerprint density at radius 1 is 0.393 bits per heavy atom. The average molecular weight is 773 g/mol.